The maximum Gasteiger partial charge on any atom is 0.161 e. The second-order valence-electron chi connectivity index (χ2n) is 3.88. The molecule has 0 aliphatic rings. The molecule has 1 aromatic carbocycles. The Labute approximate surface area is 113 Å². The SMILES string of the molecule is Cc1nc(-c2ccc(F)c(Br)c2)nc(NN)c1C. The molecule has 0 atom stereocenters. The summed E-state index contributed by atoms with van der Waals surface area (Å²) in [6.07, 6.45) is 0. The van der Waals surface area contributed by atoms with Crippen LogP contribution in [-0.4, -0.2) is 9.97 Å². The number of anilines is 1. The predicted octanol–water partition coefficient (Wildman–Crippen LogP) is 2.95. The molecule has 6 heteroatoms. The highest BCUT2D eigenvalue weighted by molar-refractivity contribution is 9.10. The molecule has 0 bridgehead atoms. The van der Waals surface area contributed by atoms with Gasteiger partial charge in [-0.3, -0.25) is 0 Å². The van der Waals surface area contributed by atoms with Crippen molar-refractivity contribution in [1.29, 1.82) is 0 Å². The van der Waals surface area contributed by atoms with Crippen molar-refractivity contribution in [2.45, 2.75) is 13.8 Å². The van der Waals surface area contributed by atoms with Gasteiger partial charge < -0.3 is 5.43 Å². The first-order valence-electron chi connectivity index (χ1n) is 5.30. The third-order valence-electron chi connectivity index (χ3n) is 2.70. The largest absolute Gasteiger partial charge is 0.308 e. The second-order valence-corrected chi connectivity index (χ2v) is 4.73. The van der Waals surface area contributed by atoms with Crippen molar-refractivity contribution in [3.8, 4) is 11.4 Å². The summed E-state index contributed by atoms with van der Waals surface area (Å²) in [5.74, 6) is 6.17. The number of nitrogens with two attached hydrogens (primary N) is 1. The topological polar surface area (TPSA) is 63.8 Å². The number of halogens is 2. The smallest absolute Gasteiger partial charge is 0.161 e. The standard InChI is InChI=1S/C12H12BrFN4/c1-6-7(2)16-12(17-11(6)18-15)8-3-4-10(14)9(13)5-8/h3-5H,15H2,1-2H3,(H,16,17,18). The molecule has 1 aromatic heterocycles. The van der Waals surface area contributed by atoms with Crippen LogP contribution in [-0.2, 0) is 0 Å². The molecular formula is C12H12BrFN4. The summed E-state index contributed by atoms with van der Waals surface area (Å²) >= 11 is 3.14. The molecule has 0 unspecified atom stereocenters. The van der Waals surface area contributed by atoms with E-state index in [4.69, 9.17) is 5.84 Å². The van der Waals surface area contributed by atoms with Crippen LogP contribution in [0.2, 0.25) is 0 Å². The van der Waals surface area contributed by atoms with E-state index in [1.165, 1.54) is 6.07 Å². The monoisotopic (exact) mass is 310 g/mol. The van der Waals surface area contributed by atoms with Crippen LogP contribution < -0.4 is 11.3 Å². The number of hydrogen-bond acceptors (Lipinski definition) is 4. The predicted molar refractivity (Wildman–Crippen MR) is 72.4 cm³/mol. The fourth-order valence-electron chi connectivity index (χ4n) is 1.53. The van der Waals surface area contributed by atoms with Crippen LogP contribution >= 0.6 is 15.9 Å². The lowest BCUT2D eigenvalue weighted by Crippen LogP contribution is -2.12. The van der Waals surface area contributed by atoms with Crippen LogP contribution in [0, 0.1) is 19.7 Å². The maximum atomic E-state index is 13.2. The molecule has 4 nitrogen and oxygen atoms in total. The van der Waals surface area contributed by atoms with E-state index in [0.29, 0.717) is 16.1 Å². The van der Waals surface area contributed by atoms with Gasteiger partial charge in [-0.15, -0.1) is 0 Å². The number of hydrogen-bond donors (Lipinski definition) is 2. The molecule has 18 heavy (non-hydrogen) atoms. The summed E-state index contributed by atoms with van der Waals surface area (Å²) in [7, 11) is 0. The number of nitrogen functional groups attached to an aromatic ring is 1. The zero-order chi connectivity index (χ0) is 13.3. The average Bonchev–Trinajstić information content (AvgIpc) is 2.36. The van der Waals surface area contributed by atoms with Gasteiger partial charge in [-0.1, -0.05) is 0 Å². The summed E-state index contributed by atoms with van der Waals surface area (Å²) < 4.78 is 13.6. The normalized spacial score (nSPS) is 10.5. The van der Waals surface area contributed by atoms with Gasteiger partial charge in [0.25, 0.3) is 0 Å². The first-order valence-corrected chi connectivity index (χ1v) is 6.09. The highest BCUT2D eigenvalue weighted by Gasteiger charge is 2.10. The quantitative estimate of drug-likeness (QED) is 0.661. The molecule has 0 saturated carbocycles. The average molecular weight is 311 g/mol. The number of rotatable bonds is 2. The van der Waals surface area contributed by atoms with Gasteiger partial charge in [0.1, 0.15) is 11.6 Å². The fourth-order valence-corrected chi connectivity index (χ4v) is 1.91. The lowest BCUT2D eigenvalue weighted by Gasteiger charge is -2.09. The van der Waals surface area contributed by atoms with Gasteiger partial charge in [0.15, 0.2) is 5.82 Å². The molecule has 0 saturated heterocycles. The summed E-state index contributed by atoms with van der Waals surface area (Å²) in [4.78, 5) is 8.67. The van der Waals surface area contributed by atoms with Crippen LogP contribution in [0.4, 0.5) is 10.2 Å². The Bertz CT molecular complexity index is 601. The fraction of sp³-hybridized carbons (Fsp3) is 0.167. The summed E-state index contributed by atoms with van der Waals surface area (Å²) in [5, 5.41) is 0. The first-order chi connectivity index (χ1) is 8.52. The third kappa shape index (κ3) is 2.34. The Morgan fingerprint density at radius 2 is 2.00 bits per heavy atom. The van der Waals surface area contributed by atoms with E-state index in [2.05, 4.69) is 31.3 Å². The molecule has 2 aromatic rings. The molecule has 0 fully saturated rings. The lowest BCUT2D eigenvalue weighted by molar-refractivity contribution is 0.621. The minimum Gasteiger partial charge on any atom is -0.308 e. The van der Waals surface area contributed by atoms with Crippen molar-refractivity contribution in [1.82, 2.24) is 9.97 Å². The number of benzene rings is 1. The van der Waals surface area contributed by atoms with Crippen LogP contribution in [0.15, 0.2) is 22.7 Å². The molecule has 0 aliphatic heterocycles. The van der Waals surface area contributed by atoms with E-state index in [1.807, 2.05) is 13.8 Å². The summed E-state index contributed by atoms with van der Waals surface area (Å²) in [5.41, 5.74) is 4.98. The Morgan fingerprint density at radius 3 is 2.61 bits per heavy atom. The number of aryl methyl sites for hydroxylation is 1. The van der Waals surface area contributed by atoms with Crippen LogP contribution in [0.5, 0.6) is 0 Å². The van der Waals surface area contributed by atoms with E-state index in [9.17, 15) is 4.39 Å². The minimum atomic E-state index is -0.320. The van der Waals surface area contributed by atoms with Crippen LogP contribution in [0.1, 0.15) is 11.3 Å². The van der Waals surface area contributed by atoms with Crippen molar-refractivity contribution < 1.29 is 4.39 Å². The molecular weight excluding hydrogens is 299 g/mol. The molecule has 3 N–H and O–H groups in total. The van der Waals surface area contributed by atoms with Gasteiger partial charge in [-0.05, 0) is 48.0 Å². The minimum absolute atomic E-state index is 0.320. The molecule has 0 amide bonds. The maximum absolute atomic E-state index is 13.2. The first kappa shape index (κ1) is 12.9. The number of nitrogens with zero attached hydrogens (tertiary/aromatic N) is 2. The Morgan fingerprint density at radius 1 is 1.28 bits per heavy atom. The summed E-state index contributed by atoms with van der Waals surface area (Å²) in [6.45, 7) is 3.76. The molecule has 0 radical (unpaired) electrons. The number of aromatic nitrogens is 2. The molecule has 0 aliphatic carbocycles. The van der Waals surface area contributed by atoms with Gasteiger partial charge >= 0.3 is 0 Å². The van der Waals surface area contributed by atoms with Crippen molar-refractivity contribution in [2.24, 2.45) is 5.84 Å². The molecule has 2 rings (SSSR count). The Kier molecular flexibility index (Phi) is 3.58. The zero-order valence-corrected chi connectivity index (χ0v) is 11.5. The number of hydrazine groups is 1. The molecule has 0 spiro atoms. The van der Waals surface area contributed by atoms with Crippen molar-refractivity contribution >= 4 is 21.7 Å². The van der Waals surface area contributed by atoms with Crippen LogP contribution in [0.3, 0.4) is 0 Å². The van der Waals surface area contributed by atoms with E-state index < -0.39 is 0 Å². The molecule has 1 heterocycles. The van der Waals surface area contributed by atoms with Gasteiger partial charge in [0, 0.05) is 16.8 Å². The highest BCUT2D eigenvalue weighted by atomic mass is 79.9. The summed E-state index contributed by atoms with van der Waals surface area (Å²) in [6, 6.07) is 4.64. The van der Waals surface area contributed by atoms with Gasteiger partial charge in [-0.25, -0.2) is 20.2 Å². The molecule has 94 valence electrons. The van der Waals surface area contributed by atoms with E-state index in [1.54, 1.807) is 12.1 Å². The van der Waals surface area contributed by atoms with Gasteiger partial charge in [0.2, 0.25) is 0 Å². The van der Waals surface area contributed by atoms with Crippen LogP contribution in [0.25, 0.3) is 11.4 Å². The Hall–Kier alpha value is -1.53. The van der Waals surface area contributed by atoms with E-state index >= 15 is 0 Å². The Balaban J connectivity index is 2.57. The van der Waals surface area contributed by atoms with E-state index in [0.717, 1.165) is 16.8 Å². The highest BCUT2D eigenvalue weighted by Crippen LogP contribution is 2.25. The van der Waals surface area contributed by atoms with Crippen molar-refractivity contribution in [2.75, 3.05) is 5.43 Å². The zero-order valence-electron chi connectivity index (χ0n) is 9.96. The van der Waals surface area contributed by atoms with Crippen molar-refractivity contribution in [3.05, 3.63) is 39.7 Å². The number of nitrogens with one attached hydrogen (secondary N) is 1. The third-order valence-corrected chi connectivity index (χ3v) is 3.31. The lowest BCUT2D eigenvalue weighted by atomic mass is 10.2. The van der Waals surface area contributed by atoms with Gasteiger partial charge in [-0.2, -0.15) is 0 Å². The van der Waals surface area contributed by atoms with E-state index in [-0.39, 0.29) is 5.82 Å². The van der Waals surface area contributed by atoms with Crippen molar-refractivity contribution in [3.63, 3.8) is 0 Å². The van der Waals surface area contributed by atoms with Gasteiger partial charge in [0.05, 0.1) is 4.47 Å². The second kappa shape index (κ2) is 4.99.